The summed E-state index contributed by atoms with van der Waals surface area (Å²) in [4.78, 5) is 58.6. The Morgan fingerprint density at radius 2 is 0.525 bits per heavy atom. The minimum absolute atomic E-state index is 0.0660. The molecule has 4 N–H and O–H groups in total. The van der Waals surface area contributed by atoms with E-state index < -0.39 is 91.5 Å². The lowest BCUT2D eigenvalue weighted by Crippen LogP contribution is -2.30. The molecule has 0 heterocycles. The number of phosphoric ester groups is 2. The number of unbranched alkanes of at least 4 members (excludes halogenated alkanes) is 20. The number of esters is 3. The first kappa shape index (κ1) is 95.9. The van der Waals surface area contributed by atoms with E-state index in [1.807, 2.05) is 0 Å². The first-order valence-electron chi connectivity index (χ1n) is 38.4. The second kappa shape index (κ2) is 74.6. The van der Waals surface area contributed by atoms with Gasteiger partial charge < -0.3 is 34.2 Å². The Hall–Kier alpha value is -5.09. The molecule has 0 aliphatic rings. The van der Waals surface area contributed by atoms with Gasteiger partial charge in [-0.3, -0.25) is 32.5 Å². The zero-order valence-electron chi connectivity index (χ0n) is 62.5. The first-order chi connectivity index (χ1) is 49.2. The van der Waals surface area contributed by atoms with Crippen molar-refractivity contribution >= 4 is 33.6 Å². The quantitative estimate of drug-likeness (QED) is 0.0146. The summed E-state index contributed by atoms with van der Waals surface area (Å²) in [6.07, 6.45) is 93.9. The number of carbonyl (C=O) groups is 3. The molecule has 0 fully saturated rings. The van der Waals surface area contributed by atoms with Crippen LogP contribution in [0.15, 0.2) is 170 Å². The Morgan fingerprint density at radius 3 is 0.832 bits per heavy atom. The molecular weight excluding hydrogens is 1310 g/mol. The fraction of sp³-hybridized carbons (Fsp3) is 0.627. The number of ether oxygens (including phenoxy) is 3. The van der Waals surface area contributed by atoms with Crippen molar-refractivity contribution in [1.29, 1.82) is 0 Å². The van der Waals surface area contributed by atoms with Gasteiger partial charge in [-0.1, -0.05) is 274 Å². The number of aliphatic hydroxyl groups is 2. The molecule has 5 atom stereocenters. The van der Waals surface area contributed by atoms with E-state index in [4.69, 9.17) is 32.3 Å². The first-order valence-corrected chi connectivity index (χ1v) is 41.4. The van der Waals surface area contributed by atoms with Gasteiger partial charge in [0.25, 0.3) is 0 Å². The molecular formula is C83H136O16P2. The summed E-state index contributed by atoms with van der Waals surface area (Å²) in [5.74, 6) is -1.64. The molecule has 0 radical (unpaired) electrons. The van der Waals surface area contributed by atoms with E-state index in [-0.39, 0.29) is 19.3 Å². The maximum absolute atomic E-state index is 13.0. The van der Waals surface area contributed by atoms with Crippen molar-refractivity contribution in [2.45, 2.75) is 296 Å². The second-order valence-corrected chi connectivity index (χ2v) is 27.9. The molecule has 0 saturated heterocycles. The number of phosphoric acid groups is 2. The highest BCUT2D eigenvalue weighted by Crippen LogP contribution is 2.45. The highest BCUT2D eigenvalue weighted by atomic mass is 31.2. The van der Waals surface area contributed by atoms with Gasteiger partial charge in [0.05, 0.1) is 26.4 Å². The van der Waals surface area contributed by atoms with Crippen LogP contribution in [0.1, 0.15) is 278 Å². The van der Waals surface area contributed by atoms with Crippen molar-refractivity contribution in [3.8, 4) is 0 Å². The molecule has 0 amide bonds. The standard InChI is InChI=1S/C83H136O16P2/c1-4-7-10-13-16-19-22-25-28-31-33-35-36-37-38-39-40-42-44-46-48-51-54-57-60-63-66-69-81(86)93-72-78(84)73-95-100(89,90)96-74-79(85)75-97-101(91,92)98-77-80(99-83(88)71-68-65-62-59-56-53-50-45-30-27-24-21-18-15-12-9-6-3)76-94-82(87)70-67-64-61-58-55-52-49-47-43-41-34-32-29-26-23-20-17-14-11-8-5-2/h7,9-10,12,16-21,25-30,33-35,37-38,40-42,47,49-50,53,78-80,84-85H,4-6,8,11,13-15,22-24,31-32,36,39,43-46,48,51-52,54-77H2,1-3H3,(H,89,90)(H,91,92)/b10-7-,12-9-,19-16-,20-17-,21-18-,28-25-,29-26-,30-27-,35-33-,38-37-,41-34-,42-40-,49-47-,53-50-. The van der Waals surface area contributed by atoms with Crippen LogP contribution in [0, 0.1) is 0 Å². The third kappa shape index (κ3) is 75.9. The van der Waals surface area contributed by atoms with E-state index in [9.17, 15) is 43.5 Å². The predicted octanol–water partition coefficient (Wildman–Crippen LogP) is 22.4. The molecule has 0 spiro atoms. The third-order valence-corrected chi connectivity index (χ3v) is 17.3. The maximum Gasteiger partial charge on any atom is 0.472 e. The van der Waals surface area contributed by atoms with E-state index in [0.717, 1.165) is 173 Å². The Kier molecular flexibility index (Phi) is 70.9. The molecule has 0 aliphatic carbocycles. The lowest BCUT2D eigenvalue weighted by atomic mass is 10.1. The predicted molar refractivity (Wildman–Crippen MR) is 417 cm³/mol. The van der Waals surface area contributed by atoms with Gasteiger partial charge in [0.2, 0.25) is 0 Å². The molecule has 0 bridgehead atoms. The van der Waals surface area contributed by atoms with Crippen molar-refractivity contribution in [2.75, 3.05) is 39.6 Å². The average molecular weight is 1450 g/mol. The summed E-state index contributed by atoms with van der Waals surface area (Å²) >= 11 is 0. The van der Waals surface area contributed by atoms with Crippen molar-refractivity contribution < 1.29 is 75.8 Å². The molecule has 0 aromatic carbocycles. The minimum Gasteiger partial charge on any atom is -0.463 e. The summed E-state index contributed by atoms with van der Waals surface area (Å²) < 4.78 is 61.1. The van der Waals surface area contributed by atoms with Crippen LogP contribution in [0.4, 0.5) is 0 Å². The molecule has 16 nitrogen and oxygen atoms in total. The summed E-state index contributed by atoms with van der Waals surface area (Å²) in [5, 5.41) is 20.6. The lowest BCUT2D eigenvalue weighted by Gasteiger charge is -2.21. The van der Waals surface area contributed by atoms with Crippen molar-refractivity contribution in [3.05, 3.63) is 170 Å². The van der Waals surface area contributed by atoms with Gasteiger partial charge in [-0.05, 0) is 154 Å². The van der Waals surface area contributed by atoms with Gasteiger partial charge >= 0.3 is 33.6 Å². The summed E-state index contributed by atoms with van der Waals surface area (Å²) in [5.41, 5.74) is 0. The third-order valence-electron chi connectivity index (χ3n) is 15.4. The zero-order valence-corrected chi connectivity index (χ0v) is 64.3. The molecule has 0 aromatic heterocycles. The molecule has 18 heteroatoms. The topological polar surface area (TPSA) is 231 Å². The van der Waals surface area contributed by atoms with Crippen LogP contribution in [0.5, 0.6) is 0 Å². The van der Waals surface area contributed by atoms with E-state index in [1.165, 1.54) is 44.9 Å². The maximum atomic E-state index is 13.0. The van der Waals surface area contributed by atoms with E-state index in [1.54, 1.807) is 0 Å². The second-order valence-electron chi connectivity index (χ2n) is 25.0. The molecule has 0 aliphatic heterocycles. The van der Waals surface area contributed by atoms with Crippen LogP contribution in [-0.2, 0) is 55.8 Å². The minimum atomic E-state index is -4.95. The average Bonchev–Trinajstić information content (AvgIpc) is 0.974. The number of hydrogen-bond donors (Lipinski definition) is 4. The number of rotatable bonds is 71. The number of carbonyl (C=O) groups excluding carboxylic acids is 3. The van der Waals surface area contributed by atoms with Crippen LogP contribution in [0.2, 0.25) is 0 Å². The number of allylic oxidation sites excluding steroid dienone is 28. The van der Waals surface area contributed by atoms with Crippen LogP contribution >= 0.6 is 15.6 Å². The van der Waals surface area contributed by atoms with Gasteiger partial charge in [-0.15, -0.1) is 0 Å². The fourth-order valence-corrected chi connectivity index (χ4v) is 11.2. The molecule has 5 unspecified atom stereocenters. The largest absolute Gasteiger partial charge is 0.472 e. The van der Waals surface area contributed by atoms with Crippen LogP contribution in [-0.4, -0.2) is 95.9 Å². The summed E-state index contributed by atoms with van der Waals surface area (Å²) in [7, 11) is -9.82. The van der Waals surface area contributed by atoms with Gasteiger partial charge in [-0.2, -0.15) is 0 Å². The lowest BCUT2D eigenvalue weighted by molar-refractivity contribution is -0.161. The van der Waals surface area contributed by atoms with E-state index in [2.05, 4.69) is 191 Å². The van der Waals surface area contributed by atoms with Crippen molar-refractivity contribution in [2.24, 2.45) is 0 Å². The van der Waals surface area contributed by atoms with Crippen LogP contribution in [0.3, 0.4) is 0 Å². The normalized spacial score (nSPS) is 15.0. The van der Waals surface area contributed by atoms with Gasteiger partial charge in [0.1, 0.15) is 25.4 Å². The number of hydrogen-bond acceptors (Lipinski definition) is 14. The fourth-order valence-electron chi connectivity index (χ4n) is 9.61. The molecule has 101 heavy (non-hydrogen) atoms. The smallest absolute Gasteiger partial charge is 0.463 e. The number of aliphatic hydroxyl groups excluding tert-OH is 2. The van der Waals surface area contributed by atoms with Crippen molar-refractivity contribution in [1.82, 2.24) is 0 Å². The summed E-state index contributed by atoms with van der Waals surface area (Å²) in [6, 6.07) is 0. The van der Waals surface area contributed by atoms with Crippen LogP contribution in [0.25, 0.3) is 0 Å². The molecule has 0 saturated carbocycles. The summed E-state index contributed by atoms with van der Waals surface area (Å²) in [6.45, 7) is 2.34. The molecule has 574 valence electrons. The Balaban J connectivity index is 4.67. The molecule has 0 aromatic rings. The van der Waals surface area contributed by atoms with E-state index in [0.29, 0.717) is 19.3 Å². The van der Waals surface area contributed by atoms with Crippen molar-refractivity contribution in [3.63, 3.8) is 0 Å². The van der Waals surface area contributed by atoms with Gasteiger partial charge in [0, 0.05) is 19.3 Å². The molecule has 0 rings (SSSR count). The zero-order chi connectivity index (χ0) is 73.7. The Labute approximate surface area is 612 Å². The Bertz CT molecular complexity index is 2520. The van der Waals surface area contributed by atoms with Crippen LogP contribution < -0.4 is 0 Å². The van der Waals surface area contributed by atoms with Gasteiger partial charge in [0.15, 0.2) is 6.10 Å². The van der Waals surface area contributed by atoms with E-state index >= 15 is 0 Å². The Morgan fingerprint density at radius 1 is 0.287 bits per heavy atom. The highest BCUT2D eigenvalue weighted by Gasteiger charge is 2.29. The highest BCUT2D eigenvalue weighted by molar-refractivity contribution is 7.47. The SMILES string of the molecule is CC/C=C\C/C=C\C/C=C\C/C=C\C/C=C\C/C=C\CCCCCCCCCCC(=O)OCC(O)COP(=O)(O)OCC(O)COP(=O)(O)OCC(COC(=O)CCCCCCC/C=C\C/C=C\C/C=C\C/C=C\CCCCC)OC(=O)CCCCCC/C=C\C/C=C\C/C=C\C/C=C\CC. The van der Waals surface area contributed by atoms with Gasteiger partial charge in [-0.25, -0.2) is 9.13 Å². The monoisotopic (exact) mass is 1450 g/mol.